The number of hydrogen-bond donors (Lipinski definition) is 2. The van der Waals surface area contributed by atoms with Gasteiger partial charge in [0.2, 0.25) is 12.3 Å². The van der Waals surface area contributed by atoms with Gasteiger partial charge in [0.05, 0.1) is 12.8 Å². The van der Waals surface area contributed by atoms with Crippen LogP contribution in [-0.4, -0.2) is 37.2 Å². The molecule has 0 aliphatic heterocycles. The molecular formula is C14H16N2O5. The van der Waals surface area contributed by atoms with Gasteiger partial charge in [-0.2, -0.15) is 0 Å². The van der Waals surface area contributed by atoms with Crippen molar-refractivity contribution in [1.82, 2.24) is 5.32 Å². The van der Waals surface area contributed by atoms with Crippen molar-refractivity contribution >= 4 is 29.8 Å². The first-order valence-electron chi connectivity index (χ1n) is 6.17. The second-order valence-corrected chi connectivity index (χ2v) is 4.21. The molecule has 21 heavy (non-hydrogen) atoms. The van der Waals surface area contributed by atoms with Crippen molar-refractivity contribution in [2.24, 2.45) is 0 Å². The first-order chi connectivity index (χ1) is 9.99. The maximum absolute atomic E-state index is 12.2. The molecule has 7 heteroatoms. The van der Waals surface area contributed by atoms with Gasteiger partial charge in [-0.25, -0.2) is 4.79 Å². The Morgan fingerprint density at radius 2 is 1.95 bits per heavy atom. The predicted octanol–water partition coefficient (Wildman–Crippen LogP) is 0.505. The molecule has 0 saturated heterocycles. The molecule has 0 unspecified atom stereocenters. The van der Waals surface area contributed by atoms with E-state index in [1.54, 1.807) is 18.2 Å². The van der Waals surface area contributed by atoms with Gasteiger partial charge in [0.15, 0.2) is 5.78 Å². The molecule has 0 saturated carbocycles. The number of hydrogen-bond acceptors (Lipinski definition) is 5. The quantitative estimate of drug-likeness (QED) is 0.433. The Morgan fingerprint density at radius 3 is 2.52 bits per heavy atom. The Hall–Kier alpha value is -2.70. The van der Waals surface area contributed by atoms with Gasteiger partial charge in [0.1, 0.15) is 6.04 Å². The fourth-order valence-electron chi connectivity index (χ4n) is 1.79. The molecule has 0 fully saturated rings. The maximum Gasteiger partial charge on any atom is 0.328 e. The van der Waals surface area contributed by atoms with E-state index < -0.39 is 23.7 Å². The summed E-state index contributed by atoms with van der Waals surface area (Å²) in [7, 11) is 1.17. The molecule has 0 spiro atoms. The summed E-state index contributed by atoms with van der Waals surface area (Å²) in [6.07, 6.45) is 0.196. The third-order valence-electron chi connectivity index (χ3n) is 2.69. The number of methoxy groups -OCH3 is 1. The Labute approximate surface area is 121 Å². The SMILES string of the molecule is COC(=O)[C@@H](CC(=O)c1ccccc1NC=O)NC(C)=O. The van der Waals surface area contributed by atoms with Crippen LogP contribution in [0.15, 0.2) is 24.3 Å². The largest absolute Gasteiger partial charge is 0.467 e. The average molecular weight is 292 g/mol. The van der Waals surface area contributed by atoms with Crippen LogP contribution in [0.5, 0.6) is 0 Å². The van der Waals surface area contributed by atoms with Crippen molar-refractivity contribution in [2.45, 2.75) is 19.4 Å². The number of esters is 1. The molecule has 0 aliphatic rings. The highest BCUT2D eigenvalue weighted by Crippen LogP contribution is 2.17. The Morgan fingerprint density at radius 1 is 1.29 bits per heavy atom. The number of nitrogens with one attached hydrogen (secondary N) is 2. The molecule has 1 aromatic rings. The van der Waals surface area contributed by atoms with E-state index in [4.69, 9.17) is 0 Å². The summed E-state index contributed by atoms with van der Waals surface area (Å²) in [4.78, 5) is 45.4. The summed E-state index contributed by atoms with van der Waals surface area (Å²) in [5.41, 5.74) is 0.591. The van der Waals surface area contributed by atoms with Gasteiger partial charge in [-0.05, 0) is 12.1 Å². The molecule has 112 valence electrons. The van der Waals surface area contributed by atoms with Gasteiger partial charge in [-0.15, -0.1) is 0 Å². The van der Waals surface area contributed by atoms with Crippen LogP contribution < -0.4 is 10.6 Å². The number of carbonyl (C=O) groups excluding carboxylic acids is 4. The van der Waals surface area contributed by atoms with Crippen molar-refractivity contribution in [3.63, 3.8) is 0 Å². The minimum atomic E-state index is -1.07. The number of ether oxygens (including phenoxy) is 1. The van der Waals surface area contributed by atoms with Crippen LogP contribution in [0.3, 0.4) is 0 Å². The lowest BCUT2D eigenvalue weighted by atomic mass is 10.0. The number of anilines is 1. The number of amides is 2. The minimum absolute atomic E-state index is 0.254. The minimum Gasteiger partial charge on any atom is -0.467 e. The van der Waals surface area contributed by atoms with Gasteiger partial charge in [-0.3, -0.25) is 14.4 Å². The summed E-state index contributed by atoms with van der Waals surface area (Å²) < 4.78 is 4.55. The third-order valence-corrected chi connectivity index (χ3v) is 2.69. The predicted molar refractivity (Wildman–Crippen MR) is 74.7 cm³/mol. The number of ketones is 1. The molecule has 1 rings (SSSR count). The van der Waals surface area contributed by atoms with Crippen LogP contribution in [0.1, 0.15) is 23.7 Å². The highest BCUT2D eigenvalue weighted by Gasteiger charge is 2.25. The number of benzene rings is 1. The van der Waals surface area contributed by atoms with Crippen molar-refractivity contribution in [3.05, 3.63) is 29.8 Å². The lowest BCUT2D eigenvalue weighted by Gasteiger charge is -2.15. The summed E-state index contributed by atoms with van der Waals surface area (Å²) >= 11 is 0. The zero-order valence-electron chi connectivity index (χ0n) is 11.7. The van der Waals surface area contributed by atoms with Crippen molar-refractivity contribution in [3.8, 4) is 0 Å². The zero-order valence-corrected chi connectivity index (χ0v) is 11.7. The molecule has 1 aromatic carbocycles. The van der Waals surface area contributed by atoms with Crippen LogP contribution in [0.2, 0.25) is 0 Å². The van der Waals surface area contributed by atoms with Crippen LogP contribution in [-0.2, 0) is 19.1 Å². The summed E-state index contributed by atoms with van der Waals surface area (Å²) in [6.45, 7) is 1.24. The van der Waals surface area contributed by atoms with Gasteiger partial charge >= 0.3 is 5.97 Å². The van der Waals surface area contributed by atoms with E-state index in [1.807, 2.05) is 0 Å². The number of para-hydroxylation sites is 1. The average Bonchev–Trinajstić information content (AvgIpc) is 2.46. The second kappa shape index (κ2) is 7.78. The lowest BCUT2D eigenvalue weighted by molar-refractivity contribution is -0.144. The topological polar surface area (TPSA) is 102 Å². The van der Waals surface area contributed by atoms with Gasteiger partial charge in [0.25, 0.3) is 0 Å². The highest BCUT2D eigenvalue weighted by molar-refractivity contribution is 6.04. The maximum atomic E-state index is 12.2. The standard InChI is InChI=1S/C14H16N2O5/c1-9(18)16-12(14(20)21-2)7-13(19)10-5-3-4-6-11(10)15-8-17/h3-6,8,12H,7H2,1-2H3,(H,15,17)(H,16,18)/t12-/m1/s1. The molecule has 0 bridgehead atoms. The molecular weight excluding hydrogens is 276 g/mol. The van der Waals surface area contributed by atoms with Crippen LogP contribution in [0, 0.1) is 0 Å². The second-order valence-electron chi connectivity index (χ2n) is 4.21. The monoisotopic (exact) mass is 292 g/mol. The van der Waals surface area contributed by atoms with Gasteiger partial charge < -0.3 is 15.4 Å². The number of Topliss-reactive ketones (excluding diaryl/α,β-unsaturated/α-hetero) is 1. The van der Waals surface area contributed by atoms with E-state index in [9.17, 15) is 19.2 Å². The summed E-state index contributed by atoms with van der Waals surface area (Å²) in [5, 5.41) is 4.77. The first kappa shape index (κ1) is 16.4. The molecule has 0 aliphatic carbocycles. The van der Waals surface area contributed by atoms with Crippen molar-refractivity contribution in [2.75, 3.05) is 12.4 Å². The van der Waals surface area contributed by atoms with Crippen LogP contribution in [0.4, 0.5) is 5.69 Å². The first-order valence-corrected chi connectivity index (χ1v) is 6.17. The van der Waals surface area contributed by atoms with Crippen LogP contribution in [0.25, 0.3) is 0 Å². The molecule has 0 radical (unpaired) electrons. The molecule has 1 atom stereocenters. The molecule has 2 N–H and O–H groups in total. The Bertz CT molecular complexity index is 556. The van der Waals surface area contributed by atoms with Gasteiger partial charge in [0, 0.05) is 18.9 Å². The lowest BCUT2D eigenvalue weighted by Crippen LogP contribution is -2.41. The van der Waals surface area contributed by atoms with Crippen LogP contribution >= 0.6 is 0 Å². The van der Waals surface area contributed by atoms with E-state index >= 15 is 0 Å². The highest BCUT2D eigenvalue weighted by atomic mass is 16.5. The number of rotatable bonds is 7. The Kier molecular flexibility index (Phi) is 6.06. The summed E-state index contributed by atoms with van der Waals surface area (Å²) in [5.74, 6) is -1.55. The molecule has 2 amide bonds. The Balaban J connectivity index is 2.93. The van der Waals surface area contributed by atoms with E-state index in [1.165, 1.54) is 20.1 Å². The fourth-order valence-corrected chi connectivity index (χ4v) is 1.79. The van der Waals surface area contributed by atoms with E-state index in [0.29, 0.717) is 12.1 Å². The van der Waals surface area contributed by atoms with Crippen molar-refractivity contribution in [1.29, 1.82) is 0 Å². The normalized spacial score (nSPS) is 11.1. The van der Waals surface area contributed by atoms with E-state index in [0.717, 1.165) is 0 Å². The number of carbonyl (C=O) groups is 4. The summed E-state index contributed by atoms with van der Waals surface area (Å²) in [6, 6.07) is 5.32. The van der Waals surface area contributed by atoms with Gasteiger partial charge in [-0.1, -0.05) is 12.1 Å². The zero-order chi connectivity index (χ0) is 15.8. The van der Waals surface area contributed by atoms with Crippen molar-refractivity contribution < 1.29 is 23.9 Å². The molecule has 0 heterocycles. The van der Waals surface area contributed by atoms with E-state index in [2.05, 4.69) is 15.4 Å². The fraction of sp³-hybridized carbons (Fsp3) is 0.286. The molecule has 7 nitrogen and oxygen atoms in total. The van der Waals surface area contributed by atoms with E-state index in [-0.39, 0.29) is 12.0 Å². The third kappa shape index (κ3) is 4.72. The molecule has 0 aromatic heterocycles. The smallest absolute Gasteiger partial charge is 0.328 e.